The van der Waals surface area contributed by atoms with Gasteiger partial charge in [0.2, 0.25) is 0 Å². The number of Topliss-reactive ketones (excluding diaryl/α,β-unsaturated/α-hetero) is 1. The summed E-state index contributed by atoms with van der Waals surface area (Å²) in [6.45, 7) is 6.91. The molecule has 5 rings (SSSR count). The van der Waals surface area contributed by atoms with Gasteiger partial charge < -0.3 is 9.47 Å². The van der Waals surface area contributed by atoms with Crippen LogP contribution in [0, 0.1) is 22.7 Å². The van der Waals surface area contributed by atoms with E-state index in [1.807, 2.05) is 0 Å². The number of carbonyl (C=O) groups excluding carboxylic acids is 1. The van der Waals surface area contributed by atoms with Crippen LogP contribution in [0.4, 0.5) is 0 Å². The number of ketones is 1. The molecule has 128 valence electrons. The molecule has 3 aliphatic carbocycles. The number of methoxy groups -OCH3 is 1. The van der Waals surface area contributed by atoms with Gasteiger partial charge in [0.05, 0.1) is 13.2 Å². The van der Waals surface area contributed by atoms with Crippen LogP contribution >= 0.6 is 0 Å². The van der Waals surface area contributed by atoms with E-state index in [4.69, 9.17) is 9.47 Å². The van der Waals surface area contributed by atoms with Crippen LogP contribution in [-0.4, -0.2) is 25.1 Å². The maximum atomic E-state index is 13.2. The molecule has 0 radical (unpaired) electrons. The first kappa shape index (κ1) is 14.9. The number of rotatable bonds is 1. The van der Waals surface area contributed by atoms with Crippen molar-refractivity contribution < 1.29 is 14.3 Å². The van der Waals surface area contributed by atoms with Crippen molar-refractivity contribution in [3.8, 4) is 5.75 Å². The molecule has 0 N–H and O–H groups in total. The smallest absolute Gasteiger partial charge is 0.171 e. The molecule has 7 atom stereocenters. The third kappa shape index (κ3) is 1.51. The fourth-order valence-corrected chi connectivity index (χ4v) is 6.69. The monoisotopic (exact) mass is 326 g/mol. The SMILES string of the molecule is COc1ccc2c(c1)C[C@@H](C)[C@@H]1[C@@H]2CC[C@]2(C)[C@@H]3O[C@@H]3C(=O)[C@]12C. The molecule has 3 fully saturated rings. The Bertz CT molecular complexity index is 741. The first-order valence-corrected chi connectivity index (χ1v) is 9.28. The number of ether oxygens (including phenoxy) is 2. The van der Waals surface area contributed by atoms with Crippen LogP contribution in [-0.2, 0) is 16.0 Å². The minimum Gasteiger partial charge on any atom is -0.497 e. The van der Waals surface area contributed by atoms with E-state index in [2.05, 4.69) is 39.0 Å². The van der Waals surface area contributed by atoms with Gasteiger partial charge in [-0.3, -0.25) is 4.79 Å². The largest absolute Gasteiger partial charge is 0.497 e. The van der Waals surface area contributed by atoms with E-state index in [-0.39, 0.29) is 23.0 Å². The first-order valence-electron chi connectivity index (χ1n) is 9.28. The molecular formula is C21H26O3. The maximum absolute atomic E-state index is 13.2. The highest BCUT2D eigenvalue weighted by Gasteiger charge is 2.77. The molecule has 3 nitrogen and oxygen atoms in total. The number of hydrogen-bond donors (Lipinski definition) is 0. The lowest BCUT2D eigenvalue weighted by Crippen LogP contribution is -2.56. The topological polar surface area (TPSA) is 38.8 Å². The highest BCUT2D eigenvalue weighted by molar-refractivity contribution is 5.96. The molecule has 3 heteroatoms. The van der Waals surface area contributed by atoms with Crippen LogP contribution in [0.1, 0.15) is 50.7 Å². The molecule has 1 saturated heterocycles. The fourth-order valence-electron chi connectivity index (χ4n) is 6.69. The van der Waals surface area contributed by atoms with Gasteiger partial charge in [0.25, 0.3) is 0 Å². The highest BCUT2D eigenvalue weighted by atomic mass is 16.6. The number of hydrogen-bond acceptors (Lipinski definition) is 3. The molecule has 1 heterocycles. The Hall–Kier alpha value is -1.35. The highest BCUT2D eigenvalue weighted by Crippen LogP contribution is 2.71. The second-order valence-corrected chi connectivity index (χ2v) is 8.88. The molecule has 1 aromatic carbocycles. The van der Waals surface area contributed by atoms with E-state index in [1.165, 1.54) is 17.5 Å². The lowest BCUT2D eigenvalue weighted by molar-refractivity contribution is -0.152. The van der Waals surface area contributed by atoms with Crippen molar-refractivity contribution in [1.29, 1.82) is 0 Å². The Kier molecular flexibility index (Phi) is 2.76. The summed E-state index contributed by atoms with van der Waals surface area (Å²) in [5.74, 6) is 2.77. The second kappa shape index (κ2) is 4.43. The number of fused-ring (bicyclic) bond motifs is 7. The first-order chi connectivity index (χ1) is 11.4. The summed E-state index contributed by atoms with van der Waals surface area (Å²) in [7, 11) is 1.73. The zero-order chi connectivity index (χ0) is 16.9. The lowest BCUT2D eigenvalue weighted by atomic mass is 9.45. The molecule has 0 unspecified atom stereocenters. The molecule has 0 aromatic heterocycles. The Labute approximate surface area is 143 Å². The van der Waals surface area contributed by atoms with E-state index in [0.29, 0.717) is 23.5 Å². The van der Waals surface area contributed by atoms with E-state index in [9.17, 15) is 4.79 Å². The van der Waals surface area contributed by atoms with Gasteiger partial charge in [-0.25, -0.2) is 0 Å². The van der Waals surface area contributed by atoms with Crippen LogP contribution in [0.5, 0.6) is 5.75 Å². The van der Waals surface area contributed by atoms with Crippen LogP contribution in [0.2, 0.25) is 0 Å². The zero-order valence-corrected chi connectivity index (χ0v) is 15.0. The summed E-state index contributed by atoms with van der Waals surface area (Å²) in [5.41, 5.74) is 2.66. The molecule has 0 amide bonds. The van der Waals surface area contributed by atoms with Gasteiger partial charge in [-0.1, -0.05) is 26.8 Å². The summed E-state index contributed by atoms with van der Waals surface area (Å²) in [6.07, 6.45) is 3.38. The Morgan fingerprint density at radius 1 is 1.29 bits per heavy atom. The lowest BCUT2D eigenvalue weighted by Gasteiger charge is -2.57. The van der Waals surface area contributed by atoms with Gasteiger partial charge >= 0.3 is 0 Å². The number of benzene rings is 1. The summed E-state index contributed by atoms with van der Waals surface area (Å²) in [4.78, 5) is 13.2. The number of epoxide rings is 1. The van der Waals surface area contributed by atoms with Gasteiger partial charge in [0, 0.05) is 10.8 Å². The van der Waals surface area contributed by atoms with Crippen molar-refractivity contribution in [3.05, 3.63) is 29.3 Å². The van der Waals surface area contributed by atoms with Crippen molar-refractivity contribution in [1.82, 2.24) is 0 Å². The summed E-state index contributed by atoms with van der Waals surface area (Å²) in [6, 6.07) is 6.54. The fraction of sp³-hybridized carbons (Fsp3) is 0.667. The quantitative estimate of drug-likeness (QED) is 0.738. The Balaban J connectivity index is 1.63. The van der Waals surface area contributed by atoms with Crippen molar-refractivity contribution in [3.63, 3.8) is 0 Å². The van der Waals surface area contributed by atoms with Gasteiger partial charge in [0.15, 0.2) is 5.78 Å². The van der Waals surface area contributed by atoms with Gasteiger partial charge in [-0.05, 0) is 60.3 Å². The molecule has 1 aromatic rings. The van der Waals surface area contributed by atoms with E-state index in [0.717, 1.165) is 18.6 Å². The van der Waals surface area contributed by atoms with E-state index in [1.54, 1.807) is 7.11 Å². The third-order valence-electron chi connectivity index (χ3n) is 8.06. The molecule has 24 heavy (non-hydrogen) atoms. The van der Waals surface area contributed by atoms with Crippen LogP contribution < -0.4 is 4.74 Å². The molecule has 1 aliphatic heterocycles. The Morgan fingerprint density at radius 3 is 2.83 bits per heavy atom. The summed E-state index contributed by atoms with van der Waals surface area (Å²) in [5, 5.41) is 0. The molecule has 0 bridgehead atoms. The summed E-state index contributed by atoms with van der Waals surface area (Å²) >= 11 is 0. The predicted molar refractivity (Wildman–Crippen MR) is 91.2 cm³/mol. The van der Waals surface area contributed by atoms with Crippen LogP contribution in [0.25, 0.3) is 0 Å². The maximum Gasteiger partial charge on any atom is 0.171 e. The minimum absolute atomic E-state index is 0.0220. The molecule has 2 saturated carbocycles. The standard InChI is InChI=1S/C21H26O3/c1-11-9-12-10-13(23-4)5-6-14(12)15-7-8-20(2)19-17(24-19)18(22)21(20,3)16(11)15/h5-6,10-11,15-17,19H,7-9H2,1-4H3/t11-,15-,16-,17-,19-,20-,21+/m1/s1. The average Bonchev–Trinajstić information content (AvgIpc) is 3.34. The normalized spacial score (nSPS) is 48.2. The molecule has 4 aliphatic rings. The average molecular weight is 326 g/mol. The Morgan fingerprint density at radius 2 is 2.08 bits per heavy atom. The molecule has 0 spiro atoms. The van der Waals surface area contributed by atoms with Crippen molar-refractivity contribution in [2.75, 3.05) is 7.11 Å². The second-order valence-electron chi connectivity index (χ2n) is 8.88. The van der Waals surface area contributed by atoms with Gasteiger partial charge in [-0.15, -0.1) is 0 Å². The van der Waals surface area contributed by atoms with Crippen molar-refractivity contribution >= 4 is 5.78 Å². The van der Waals surface area contributed by atoms with Crippen molar-refractivity contribution in [2.45, 2.75) is 58.2 Å². The minimum atomic E-state index is -0.236. The molecular weight excluding hydrogens is 300 g/mol. The third-order valence-corrected chi connectivity index (χ3v) is 8.06. The van der Waals surface area contributed by atoms with Crippen molar-refractivity contribution in [2.24, 2.45) is 22.7 Å². The van der Waals surface area contributed by atoms with Gasteiger partial charge in [-0.2, -0.15) is 0 Å². The zero-order valence-electron chi connectivity index (χ0n) is 15.0. The van der Waals surface area contributed by atoms with E-state index >= 15 is 0 Å². The van der Waals surface area contributed by atoms with Crippen LogP contribution in [0.3, 0.4) is 0 Å². The van der Waals surface area contributed by atoms with Gasteiger partial charge in [0.1, 0.15) is 11.9 Å². The predicted octanol–water partition coefficient (Wildman–Crippen LogP) is 3.74. The number of carbonyl (C=O) groups is 1. The van der Waals surface area contributed by atoms with E-state index < -0.39 is 0 Å². The summed E-state index contributed by atoms with van der Waals surface area (Å²) < 4.78 is 11.2. The van der Waals surface area contributed by atoms with Crippen LogP contribution in [0.15, 0.2) is 18.2 Å².